The van der Waals surface area contributed by atoms with Crippen LogP contribution in [0.3, 0.4) is 0 Å². The lowest BCUT2D eigenvalue weighted by Crippen LogP contribution is -2.15. The Kier molecular flexibility index (Phi) is 4.38. The van der Waals surface area contributed by atoms with Gasteiger partial charge in [0.25, 0.3) is 5.91 Å². The monoisotopic (exact) mass is 333 g/mol. The third-order valence-electron chi connectivity index (χ3n) is 3.60. The van der Waals surface area contributed by atoms with Crippen LogP contribution in [0.4, 0.5) is 11.5 Å². The Morgan fingerprint density at radius 2 is 1.64 bits per heavy atom. The number of nitrogens with two attached hydrogens (primary N) is 2. The van der Waals surface area contributed by atoms with Gasteiger partial charge in [-0.25, -0.2) is 4.98 Å². The van der Waals surface area contributed by atoms with E-state index < -0.39 is 5.91 Å². The summed E-state index contributed by atoms with van der Waals surface area (Å²) in [7, 11) is 0. The third kappa shape index (κ3) is 3.61. The van der Waals surface area contributed by atoms with Crippen LogP contribution in [0.1, 0.15) is 20.7 Å². The van der Waals surface area contributed by atoms with Crippen LogP contribution < -0.4 is 16.8 Å². The number of amides is 2. The predicted molar refractivity (Wildman–Crippen MR) is 94.8 cm³/mol. The minimum atomic E-state index is -0.501. The molecule has 1 aromatic carbocycles. The van der Waals surface area contributed by atoms with E-state index in [4.69, 9.17) is 11.5 Å². The smallest absolute Gasteiger partial charge is 0.259 e. The largest absolute Gasteiger partial charge is 0.383 e. The zero-order valence-corrected chi connectivity index (χ0v) is 13.1. The Morgan fingerprint density at radius 1 is 0.960 bits per heavy atom. The van der Waals surface area contributed by atoms with Gasteiger partial charge in [-0.1, -0.05) is 12.1 Å². The predicted octanol–water partition coefficient (Wildman–Crippen LogP) is 2.08. The fourth-order valence-corrected chi connectivity index (χ4v) is 2.28. The summed E-state index contributed by atoms with van der Waals surface area (Å²) in [4.78, 5) is 31.6. The van der Waals surface area contributed by atoms with Gasteiger partial charge in [-0.2, -0.15) is 0 Å². The zero-order chi connectivity index (χ0) is 17.8. The number of benzene rings is 1. The fourth-order valence-electron chi connectivity index (χ4n) is 2.28. The molecule has 7 nitrogen and oxygen atoms in total. The summed E-state index contributed by atoms with van der Waals surface area (Å²) in [5, 5.41) is 2.74. The number of hydrogen-bond acceptors (Lipinski definition) is 5. The Labute approximate surface area is 143 Å². The van der Waals surface area contributed by atoms with Gasteiger partial charge in [0.05, 0.1) is 5.56 Å². The van der Waals surface area contributed by atoms with Crippen LogP contribution in [0.25, 0.3) is 11.1 Å². The lowest BCUT2D eigenvalue weighted by Gasteiger charge is -2.09. The van der Waals surface area contributed by atoms with Gasteiger partial charge < -0.3 is 16.8 Å². The van der Waals surface area contributed by atoms with Crippen LogP contribution in [-0.4, -0.2) is 21.8 Å². The molecule has 0 aliphatic heterocycles. The summed E-state index contributed by atoms with van der Waals surface area (Å²) in [6.07, 6.45) is 4.72. The highest BCUT2D eigenvalue weighted by Gasteiger charge is 2.13. The van der Waals surface area contributed by atoms with Crippen molar-refractivity contribution >= 4 is 23.3 Å². The van der Waals surface area contributed by atoms with Crippen molar-refractivity contribution in [2.45, 2.75) is 0 Å². The topological polar surface area (TPSA) is 124 Å². The molecule has 5 N–H and O–H groups in total. The van der Waals surface area contributed by atoms with Crippen molar-refractivity contribution in [3.05, 3.63) is 72.2 Å². The molecule has 2 aromatic heterocycles. The second kappa shape index (κ2) is 6.79. The molecule has 3 aromatic rings. The zero-order valence-electron chi connectivity index (χ0n) is 13.1. The molecule has 2 amide bonds. The van der Waals surface area contributed by atoms with Crippen LogP contribution in [0, 0.1) is 0 Å². The Morgan fingerprint density at radius 3 is 2.28 bits per heavy atom. The molecule has 124 valence electrons. The average molecular weight is 333 g/mol. The number of nitrogens with zero attached hydrogens (tertiary/aromatic N) is 2. The molecule has 0 saturated heterocycles. The van der Waals surface area contributed by atoms with E-state index in [-0.39, 0.29) is 17.3 Å². The maximum atomic E-state index is 12.4. The molecule has 0 aliphatic carbocycles. The van der Waals surface area contributed by atoms with E-state index in [0.717, 1.165) is 5.56 Å². The number of nitrogen functional groups attached to an aromatic ring is 1. The number of carbonyl (C=O) groups excluding carboxylic acids is 2. The van der Waals surface area contributed by atoms with Crippen LogP contribution in [0.15, 0.2) is 61.1 Å². The van der Waals surface area contributed by atoms with E-state index in [0.29, 0.717) is 16.8 Å². The van der Waals surface area contributed by atoms with Crippen molar-refractivity contribution in [1.82, 2.24) is 9.97 Å². The summed E-state index contributed by atoms with van der Waals surface area (Å²) in [6.45, 7) is 0. The SMILES string of the molecule is NC(=O)c1ccc(-c2cnc(N)c(C(=O)Nc3ccncc3)c2)cc1. The maximum absolute atomic E-state index is 12.4. The van der Waals surface area contributed by atoms with E-state index in [9.17, 15) is 9.59 Å². The van der Waals surface area contributed by atoms with Crippen molar-refractivity contribution in [1.29, 1.82) is 0 Å². The highest BCUT2D eigenvalue weighted by atomic mass is 16.2. The first-order valence-electron chi connectivity index (χ1n) is 7.42. The molecule has 2 heterocycles. The van der Waals surface area contributed by atoms with E-state index in [1.165, 1.54) is 0 Å². The van der Waals surface area contributed by atoms with Crippen molar-refractivity contribution in [2.24, 2.45) is 5.73 Å². The average Bonchev–Trinajstić information content (AvgIpc) is 2.63. The second-order valence-electron chi connectivity index (χ2n) is 5.29. The van der Waals surface area contributed by atoms with E-state index in [2.05, 4.69) is 15.3 Å². The van der Waals surface area contributed by atoms with Gasteiger partial charge in [-0.3, -0.25) is 14.6 Å². The maximum Gasteiger partial charge on any atom is 0.259 e. The Bertz CT molecular complexity index is 924. The van der Waals surface area contributed by atoms with Crippen LogP contribution in [0.5, 0.6) is 0 Å². The Hall–Kier alpha value is -3.74. The number of carbonyl (C=O) groups is 2. The second-order valence-corrected chi connectivity index (χ2v) is 5.29. The lowest BCUT2D eigenvalue weighted by molar-refractivity contribution is 0.0997. The highest BCUT2D eigenvalue weighted by Crippen LogP contribution is 2.23. The van der Waals surface area contributed by atoms with E-state index in [1.54, 1.807) is 61.1 Å². The molecule has 0 saturated carbocycles. The first kappa shape index (κ1) is 16.1. The first-order chi connectivity index (χ1) is 12.0. The summed E-state index contributed by atoms with van der Waals surface area (Å²) in [6, 6.07) is 11.7. The van der Waals surface area contributed by atoms with Crippen LogP contribution in [0.2, 0.25) is 0 Å². The first-order valence-corrected chi connectivity index (χ1v) is 7.42. The molecule has 0 unspecified atom stereocenters. The van der Waals surface area contributed by atoms with Gasteiger partial charge in [0.15, 0.2) is 0 Å². The van der Waals surface area contributed by atoms with Gasteiger partial charge in [-0.15, -0.1) is 0 Å². The van der Waals surface area contributed by atoms with E-state index >= 15 is 0 Å². The van der Waals surface area contributed by atoms with Gasteiger partial charge in [-0.05, 0) is 35.9 Å². The van der Waals surface area contributed by atoms with Crippen molar-refractivity contribution in [2.75, 3.05) is 11.1 Å². The van der Waals surface area contributed by atoms with Gasteiger partial charge >= 0.3 is 0 Å². The molecule has 0 radical (unpaired) electrons. The van der Waals surface area contributed by atoms with E-state index in [1.807, 2.05) is 0 Å². The van der Waals surface area contributed by atoms with Gasteiger partial charge in [0.1, 0.15) is 5.82 Å². The van der Waals surface area contributed by atoms with Crippen molar-refractivity contribution in [3.63, 3.8) is 0 Å². The number of anilines is 2. The summed E-state index contributed by atoms with van der Waals surface area (Å²) >= 11 is 0. The molecule has 3 rings (SSSR count). The van der Waals surface area contributed by atoms with Crippen LogP contribution >= 0.6 is 0 Å². The summed E-state index contributed by atoms with van der Waals surface area (Å²) in [5.41, 5.74) is 13.8. The number of nitrogens with one attached hydrogen (secondary N) is 1. The lowest BCUT2D eigenvalue weighted by atomic mass is 10.0. The van der Waals surface area contributed by atoms with Crippen molar-refractivity contribution in [3.8, 4) is 11.1 Å². The minimum Gasteiger partial charge on any atom is -0.383 e. The highest BCUT2D eigenvalue weighted by molar-refractivity contribution is 6.07. The minimum absolute atomic E-state index is 0.129. The quantitative estimate of drug-likeness (QED) is 0.674. The molecule has 0 bridgehead atoms. The molecular weight excluding hydrogens is 318 g/mol. The summed E-state index contributed by atoms with van der Waals surface area (Å²) in [5.74, 6) is -0.740. The number of aromatic nitrogens is 2. The number of hydrogen-bond donors (Lipinski definition) is 3. The normalized spacial score (nSPS) is 10.2. The molecule has 25 heavy (non-hydrogen) atoms. The third-order valence-corrected chi connectivity index (χ3v) is 3.60. The van der Waals surface area contributed by atoms with Crippen molar-refractivity contribution < 1.29 is 9.59 Å². The number of primary amides is 1. The van der Waals surface area contributed by atoms with Crippen LogP contribution in [-0.2, 0) is 0 Å². The number of rotatable bonds is 4. The standard InChI is InChI=1S/C18H15N5O2/c19-16-15(18(25)23-14-5-7-21-8-6-14)9-13(10-22-16)11-1-3-12(4-2-11)17(20)24/h1-10H,(H2,19,22)(H2,20,24)(H,21,23,25). The molecular formula is C18H15N5O2. The van der Waals surface area contributed by atoms with Gasteiger partial charge in [0, 0.05) is 35.4 Å². The molecule has 7 heteroatoms. The molecule has 0 atom stereocenters. The number of pyridine rings is 2. The summed E-state index contributed by atoms with van der Waals surface area (Å²) < 4.78 is 0. The molecule has 0 aliphatic rings. The fraction of sp³-hybridized carbons (Fsp3) is 0. The molecule has 0 fully saturated rings. The Balaban J connectivity index is 1.90. The van der Waals surface area contributed by atoms with Gasteiger partial charge in [0.2, 0.25) is 5.91 Å². The molecule has 0 spiro atoms.